The van der Waals surface area contributed by atoms with E-state index in [9.17, 15) is 14.9 Å². The van der Waals surface area contributed by atoms with Crippen molar-refractivity contribution in [1.29, 1.82) is 5.26 Å². The number of imide groups is 1. The van der Waals surface area contributed by atoms with Crippen LogP contribution in [0.5, 0.6) is 0 Å². The predicted molar refractivity (Wildman–Crippen MR) is 121 cm³/mol. The molecule has 11 heteroatoms. The van der Waals surface area contributed by atoms with Gasteiger partial charge in [-0.2, -0.15) is 5.26 Å². The van der Waals surface area contributed by atoms with Gasteiger partial charge in [0.15, 0.2) is 0 Å². The number of alkyl halides is 2. The Balaban J connectivity index is 1.85. The summed E-state index contributed by atoms with van der Waals surface area (Å²) < 4.78 is -0.961. The zero-order chi connectivity index (χ0) is 24.6. The number of hydrogen-bond acceptors (Lipinski definition) is 7. The first kappa shape index (κ1) is 26.9. The van der Waals surface area contributed by atoms with Crippen LogP contribution in [-0.2, 0) is 17.6 Å². The van der Waals surface area contributed by atoms with Crippen LogP contribution in [0.3, 0.4) is 0 Å². The molecule has 1 aromatic heterocycles. The SMILES string of the molecule is CCCN(C(=O)NCCN(C)C)C(=O)[C@@]1([I-])CN(C)[C@@H]2Cc3sc(N)c(C#N)c3C[C@@]2([I-])C1. The van der Waals surface area contributed by atoms with Crippen molar-refractivity contribution in [3.63, 3.8) is 0 Å². The summed E-state index contributed by atoms with van der Waals surface area (Å²) in [5, 5.41) is 13.1. The van der Waals surface area contributed by atoms with E-state index in [2.05, 4.69) is 68.5 Å². The fraction of sp³-hybridized carbons (Fsp3) is 0.682. The first-order valence-electron chi connectivity index (χ1n) is 11.1. The van der Waals surface area contributed by atoms with Crippen molar-refractivity contribution in [2.75, 3.05) is 53.1 Å². The van der Waals surface area contributed by atoms with Crippen LogP contribution in [0.15, 0.2) is 0 Å². The van der Waals surface area contributed by atoms with E-state index in [0.717, 1.165) is 12.0 Å². The third-order valence-electron chi connectivity index (χ3n) is 6.44. The normalized spacial score (nSPS) is 26.9. The first-order valence-corrected chi connectivity index (χ1v) is 14.1. The van der Waals surface area contributed by atoms with E-state index >= 15 is 0 Å². The maximum atomic E-state index is 13.8. The highest BCUT2D eigenvalue weighted by atomic mass is 127. The number of likely N-dealkylation sites (N-methyl/N-ethyl adjacent to an activating group) is 2. The minimum Gasteiger partial charge on any atom is -0.788 e. The van der Waals surface area contributed by atoms with Gasteiger partial charge in [0, 0.05) is 24.5 Å². The molecular weight excluding hydrogens is 666 g/mol. The van der Waals surface area contributed by atoms with Gasteiger partial charge in [0.25, 0.3) is 0 Å². The second-order valence-corrected chi connectivity index (χ2v) is 14.7. The summed E-state index contributed by atoms with van der Waals surface area (Å²) in [5.41, 5.74) is 7.77. The Labute approximate surface area is 227 Å². The number of nitrogen functional groups attached to an aromatic ring is 1. The van der Waals surface area contributed by atoms with E-state index in [1.165, 1.54) is 21.1 Å². The van der Waals surface area contributed by atoms with Gasteiger partial charge >= 0.3 is 6.03 Å². The number of thiophene rings is 1. The lowest BCUT2D eigenvalue weighted by molar-refractivity contribution is -0.544. The number of anilines is 1. The Hall–Kier alpha value is -0.690. The van der Waals surface area contributed by atoms with Crippen LogP contribution < -0.4 is 56.2 Å². The standard InChI is InChI=1S/C22H32I2N6O2S/c1-5-7-30(20(32)27-6-8-28(2)3)19(31)22(24)12-21(23)10-14-15(11-25)18(26)33-16(14)9-17(21)29(4)13-22/h17H,5-10,12-13,26H2,1-4H3,(H,27,32)/q-2/t17-,21-,22+/m1/s1. The fourth-order valence-corrected chi connectivity index (χ4v) is 9.97. The van der Waals surface area contributed by atoms with Crippen molar-refractivity contribution in [1.82, 2.24) is 20.0 Å². The molecule has 2 radical (unpaired) electrons. The Bertz CT molecular complexity index is 963. The number of piperidine rings is 1. The molecule has 1 aliphatic heterocycles. The Morgan fingerprint density at radius 2 is 2.06 bits per heavy atom. The van der Waals surface area contributed by atoms with Crippen molar-refractivity contribution < 1.29 is 54.8 Å². The number of nitrogens with two attached hydrogens (primary N) is 1. The molecule has 2 aliphatic rings. The third kappa shape index (κ3) is 5.44. The Kier molecular flexibility index (Phi) is 8.57. The van der Waals surface area contributed by atoms with Gasteiger partial charge in [-0.3, -0.25) is 9.69 Å². The number of nitrogens with one attached hydrogen (secondary N) is 1. The molecule has 0 spiro atoms. The van der Waals surface area contributed by atoms with E-state index in [1.54, 1.807) is 0 Å². The van der Waals surface area contributed by atoms with Crippen LogP contribution in [0.4, 0.5) is 9.80 Å². The van der Waals surface area contributed by atoms with Crippen molar-refractivity contribution in [2.24, 2.45) is 0 Å². The quantitative estimate of drug-likeness (QED) is 0.228. The van der Waals surface area contributed by atoms with Gasteiger partial charge in [-0.1, -0.05) is 16.8 Å². The van der Waals surface area contributed by atoms with Crippen LogP contribution in [0.1, 0.15) is 35.8 Å². The van der Waals surface area contributed by atoms with Crippen LogP contribution in [0, 0.1) is 11.3 Å². The number of hydrogen-bond donors (Lipinski definition) is 2. The maximum Gasteiger partial charge on any atom is 0.324 e. The number of urea groups is 1. The number of fused-ring (bicyclic) bond motifs is 2. The van der Waals surface area contributed by atoms with Crippen LogP contribution in [0.2, 0.25) is 0 Å². The van der Waals surface area contributed by atoms with Gasteiger partial charge in [-0.15, -0.1) is 14.8 Å². The lowest BCUT2D eigenvalue weighted by Crippen LogP contribution is -3.50. The molecule has 33 heavy (non-hydrogen) atoms. The zero-order valence-electron chi connectivity index (χ0n) is 19.6. The summed E-state index contributed by atoms with van der Waals surface area (Å²) in [6.07, 6.45) is 2.88. The second-order valence-electron chi connectivity index (χ2n) is 9.34. The van der Waals surface area contributed by atoms with E-state index in [1.807, 2.05) is 25.9 Å². The number of halogens is 2. The van der Waals surface area contributed by atoms with Crippen molar-refractivity contribution >= 4 is 28.3 Å². The zero-order valence-corrected chi connectivity index (χ0v) is 24.7. The monoisotopic (exact) mass is 698 g/mol. The summed E-state index contributed by atoms with van der Waals surface area (Å²) in [6.45, 7) is 4.15. The number of carbonyl (C=O) groups is 2. The number of likely N-dealkylation sites (tertiary alicyclic amines) is 1. The topological polar surface area (TPSA) is 106 Å². The molecule has 1 fully saturated rings. The average Bonchev–Trinajstić information content (AvgIpc) is 3.02. The van der Waals surface area contributed by atoms with Crippen molar-refractivity contribution in [3.05, 3.63) is 16.0 Å². The van der Waals surface area contributed by atoms with Gasteiger partial charge in [-0.25, -0.2) is 4.79 Å². The smallest absolute Gasteiger partial charge is 0.324 e. The molecule has 8 nitrogen and oxygen atoms in total. The Morgan fingerprint density at radius 3 is 2.67 bits per heavy atom. The van der Waals surface area contributed by atoms with E-state index in [4.69, 9.17) is 5.73 Å². The third-order valence-corrected chi connectivity index (χ3v) is 10.2. The fourth-order valence-electron chi connectivity index (χ4n) is 4.92. The molecule has 3 rings (SSSR count). The predicted octanol–water partition coefficient (Wildman–Crippen LogP) is -4.90. The highest BCUT2D eigenvalue weighted by Gasteiger charge is 2.47. The molecule has 1 aliphatic carbocycles. The second kappa shape index (κ2) is 10.5. The van der Waals surface area contributed by atoms with Gasteiger partial charge in [-0.05, 0) is 58.6 Å². The molecule has 0 bridgehead atoms. The van der Waals surface area contributed by atoms with Crippen LogP contribution in [0.25, 0.3) is 0 Å². The van der Waals surface area contributed by atoms with Gasteiger partial charge < -0.3 is 66.0 Å². The van der Waals surface area contributed by atoms with Crippen molar-refractivity contribution in [2.45, 2.75) is 45.5 Å². The molecule has 184 valence electrons. The Morgan fingerprint density at radius 1 is 1.36 bits per heavy atom. The summed E-state index contributed by atoms with van der Waals surface area (Å²) >= 11 is 6.30. The van der Waals surface area contributed by atoms with Crippen LogP contribution >= 0.6 is 11.3 Å². The maximum absolute atomic E-state index is 13.8. The molecule has 0 saturated carbocycles. The molecule has 1 aromatic rings. The molecule has 2 heterocycles. The molecule has 0 unspecified atom stereocenters. The summed E-state index contributed by atoms with van der Waals surface area (Å²) in [5.74, 6) is -0.134. The summed E-state index contributed by atoms with van der Waals surface area (Å²) in [6, 6.07) is 2.21. The van der Waals surface area contributed by atoms with Crippen molar-refractivity contribution in [3.8, 4) is 6.07 Å². The number of rotatable bonds is 6. The van der Waals surface area contributed by atoms with Gasteiger partial charge in [0.2, 0.25) is 5.91 Å². The van der Waals surface area contributed by atoms with Gasteiger partial charge in [0.05, 0.1) is 5.56 Å². The van der Waals surface area contributed by atoms with E-state index < -0.39 is 3.42 Å². The lowest BCUT2D eigenvalue weighted by Gasteiger charge is -2.65. The number of nitriles is 1. The molecule has 0 aromatic carbocycles. The molecule has 3 amide bonds. The van der Waals surface area contributed by atoms with Crippen LogP contribution in [-0.4, -0.2) is 86.8 Å². The number of carbonyl (C=O) groups excluding carboxylic acids is 2. The minimum absolute atomic E-state index is 0.134. The lowest BCUT2D eigenvalue weighted by atomic mass is 9.73. The molecule has 3 N–H and O–H groups in total. The number of amides is 3. The molecule has 1 saturated heterocycles. The highest BCUT2D eigenvalue weighted by molar-refractivity contribution is 7.16. The first-order chi connectivity index (χ1) is 15.5. The number of nitrogens with zero attached hydrogens (tertiary/aromatic N) is 4. The average molecular weight is 698 g/mol. The summed E-state index contributed by atoms with van der Waals surface area (Å²) in [7, 11) is 5.96. The minimum atomic E-state index is -0.732. The van der Waals surface area contributed by atoms with E-state index in [0.29, 0.717) is 56.0 Å². The largest absolute Gasteiger partial charge is 0.788 e. The molecule has 3 atom stereocenters. The molecular formula is C22H32I2N6O2S-2. The van der Waals surface area contributed by atoms with E-state index in [-0.39, 0.29) is 21.4 Å². The van der Waals surface area contributed by atoms with Gasteiger partial charge in [0.1, 0.15) is 11.1 Å². The summed E-state index contributed by atoms with van der Waals surface area (Å²) in [4.78, 5) is 33.6. The highest BCUT2D eigenvalue weighted by Crippen LogP contribution is 2.42.